The van der Waals surface area contributed by atoms with E-state index >= 15 is 0 Å². The maximum atomic E-state index is 13.2. The zero-order valence-electron chi connectivity index (χ0n) is 16.3. The van der Waals surface area contributed by atoms with E-state index < -0.39 is 28.8 Å². The Kier molecular flexibility index (Phi) is 5.67. The van der Waals surface area contributed by atoms with Gasteiger partial charge in [-0.1, -0.05) is 0 Å². The summed E-state index contributed by atoms with van der Waals surface area (Å²) in [4.78, 5) is 13.0. The topological polar surface area (TPSA) is 93.8 Å². The van der Waals surface area contributed by atoms with Crippen molar-refractivity contribution >= 4 is 5.91 Å². The highest BCUT2D eigenvalue weighted by molar-refractivity contribution is 5.84. The molecule has 28 heavy (non-hydrogen) atoms. The number of hydrogen-bond acceptors (Lipinski definition) is 5. The molecule has 8 heteroatoms. The van der Waals surface area contributed by atoms with Crippen molar-refractivity contribution in [3.8, 4) is 5.75 Å². The molecule has 2 aliphatic heterocycles. The van der Waals surface area contributed by atoms with Gasteiger partial charge in [0.25, 0.3) is 0 Å². The van der Waals surface area contributed by atoms with Crippen LogP contribution in [0, 0.1) is 17.0 Å². The molecular weight excluding hydrogens is 370 g/mol. The van der Waals surface area contributed by atoms with Crippen LogP contribution in [-0.2, 0) is 9.53 Å². The number of rotatable bonds is 7. The van der Waals surface area contributed by atoms with Crippen molar-refractivity contribution in [2.24, 2.45) is 11.1 Å². The predicted octanol–water partition coefficient (Wildman–Crippen LogP) is 1.89. The minimum atomic E-state index is -1.02. The Morgan fingerprint density at radius 1 is 1.29 bits per heavy atom. The van der Waals surface area contributed by atoms with Gasteiger partial charge in [0.15, 0.2) is 11.6 Å². The number of carbonyl (C=O) groups is 1. The second-order valence-corrected chi connectivity index (χ2v) is 8.33. The molecule has 1 atom stereocenters. The molecule has 3 aliphatic rings. The number of benzene rings is 1. The fourth-order valence-corrected chi connectivity index (χ4v) is 4.42. The Labute approximate surface area is 163 Å². The average Bonchev–Trinajstić information content (AvgIpc) is 2.67. The molecule has 1 amide bonds. The molecular formula is C20H28F2N2O4. The lowest BCUT2D eigenvalue weighted by atomic mass is 9.57. The highest BCUT2D eigenvalue weighted by Crippen LogP contribution is 2.57. The number of amides is 1. The normalized spacial score (nSPS) is 29.4. The number of fused-ring (bicyclic) bond motifs is 3. The van der Waals surface area contributed by atoms with Crippen LogP contribution in [-0.4, -0.2) is 48.0 Å². The Morgan fingerprint density at radius 2 is 1.96 bits per heavy atom. The molecule has 6 nitrogen and oxygen atoms in total. The van der Waals surface area contributed by atoms with Gasteiger partial charge in [-0.15, -0.1) is 0 Å². The summed E-state index contributed by atoms with van der Waals surface area (Å²) in [6, 6.07) is 3.14. The van der Waals surface area contributed by atoms with Crippen LogP contribution in [0.2, 0.25) is 0 Å². The smallest absolute Gasteiger partial charge is 0.229 e. The van der Waals surface area contributed by atoms with Crippen LogP contribution < -0.4 is 15.8 Å². The van der Waals surface area contributed by atoms with Gasteiger partial charge >= 0.3 is 0 Å². The van der Waals surface area contributed by atoms with E-state index in [1.165, 1.54) is 6.07 Å². The number of hydrogen-bond donors (Lipinski definition) is 3. The lowest BCUT2D eigenvalue weighted by molar-refractivity contribution is -0.266. The summed E-state index contributed by atoms with van der Waals surface area (Å²) < 4.78 is 37.6. The van der Waals surface area contributed by atoms with E-state index in [0.717, 1.165) is 25.0 Å². The molecule has 0 aromatic heterocycles. The van der Waals surface area contributed by atoms with Gasteiger partial charge in [0.1, 0.15) is 18.5 Å². The maximum Gasteiger partial charge on any atom is 0.229 e. The lowest BCUT2D eigenvalue weighted by Crippen LogP contribution is -2.68. The molecule has 1 aromatic carbocycles. The monoisotopic (exact) mass is 398 g/mol. The second kappa shape index (κ2) is 7.57. The van der Waals surface area contributed by atoms with E-state index in [2.05, 4.69) is 5.32 Å². The first-order chi connectivity index (χ1) is 13.1. The van der Waals surface area contributed by atoms with E-state index in [1.807, 2.05) is 13.8 Å². The first-order valence-electron chi connectivity index (χ1n) is 9.58. The van der Waals surface area contributed by atoms with Crippen molar-refractivity contribution < 1.29 is 28.2 Å². The van der Waals surface area contributed by atoms with E-state index in [0.29, 0.717) is 19.4 Å². The first kappa shape index (κ1) is 21.0. The van der Waals surface area contributed by atoms with Crippen LogP contribution in [0.3, 0.4) is 0 Å². The molecule has 1 saturated carbocycles. The SMILES string of the molecule is CC1(C)OC2(CN)CCC1(C(=O)NCC(O)COc1ccc(F)c(F)c1)CC2. The van der Waals surface area contributed by atoms with E-state index in [-0.39, 0.29) is 30.4 Å². The number of aliphatic hydroxyl groups excluding tert-OH is 1. The number of nitrogens with one attached hydrogen (secondary N) is 1. The fraction of sp³-hybridized carbons (Fsp3) is 0.650. The van der Waals surface area contributed by atoms with Crippen LogP contribution in [0.15, 0.2) is 18.2 Å². The molecule has 2 heterocycles. The third kappa shape index (κ3) is 3.73. The van der Waals surface area contributed by atoms with Crippen molar-refractivity contribution in [1.29, 1.82) is 0 Å². The first-order valence-corrected chi connectivity index (χ1v) is 9.58. The lowest BCUT2D eigenvalue weighted by Gasteiger charge is -2.60. The number of aliphatic hydroxyl groups is 1. The number of halogens is 2. The average molecular weight is 398 g/mol. The Balaban J connectivity index is 1.54. The molecule has 4 rings (SSSR count). The number of nitrogens with two attached hydrogens (primary N) is 1. The number of carbonyl (C=O) groups excluding carboxylic acids is 1. The predicted molar refractivity (Wildman–Crippen MR) is 98.7 cm³/mol. The van der Waals surface area contributed by atoms with Gasteiger partial charge in [0.05, 0.1) is 16.6 Å². The molecule has 156 valence electrons. The van der Waals surface area contributed by atoms with Gasteiger partial charge in [0.2, 0.25) is 5.91 Å². The van der Waals surface area contributed by atoms with Gasteiger partial charge in [-0.3, -0.25) is 4.79 Å². The molecule has 2 bridgehead atoms. The van der Waals surface area contributed by atoms with Crippen LogP contribution in [0.4, 0.5) is 8.78 Å². The molecule has 3 fully saturated rings. The van der Waals surface area contributed by atoms with Crippen molar-refractivity contribution in [3.63, 3.8) is 0 Å². The zero-order chi connectivity index (χ0) is 20.6. The van der Waals surface area contributed by atoms with E-state index in [9.17, 15) is 18.7 Å². The minimum Gasteiger partial charge on any atom is -0.491 e. The Morgan fingerprint density at radius 3 is 2.54 bits per heavy atom. The Bertz CT molecular complexity index is 733. The fourth-order valence-electron chi connectivity index (χ4n) is 4.42. The van der Waals surface area contributed by atoms with E-state index in [1.54, 1.807) is 0 Å². The third-order valence-electron chi connectivity index (χ3n) is 6.28. The van der Waals surface area contributed by atoms with Crippen molar-refractivity contribution in [1.82, 2.24) is 5.32 Å². The van der Waals surface area contributed by atoms with Crippen LogP contribution in [0.5, 0.6) is 5.75 Å². The summed E-state index contributed by atoms with van der Waals surface area (Å²) in [5.41, 5.74) is 4.24. The molecule has 0 radical (unpaired) electrons. The van der Waals surface area contributed by atoms with Crippen LogP contribution in [0.1, 0.15) is 39.5 Å². The number of ether oxygens (including phenoxy) is 2. The van der Waals surface area contributed by atoms with Crippen molar-refractivity contribution in [2.75, 3.05) is 19.7 Å². The highest BCUT2D eigenvalue weighted by Gasteiger charge is 2.62. The van der Waals surface area contributed by atoms with Gasteiger partial charge in [0, 0.05) is 19.2 Å². The van der Waals surface area contributed by atoms with E-state index in [4.69, 9.17) is 15.2 Å². The molecule has 0 spiro atoms. The van der Waals surface area contributed by atoms with Crippen LogP contribution >= 0.6 is 0 Å². The van der Waals surface area contributed by atoms with Gasteiger partial charge in [-0.25, -0.2) is 8.78 Å². The van der Waals surface area contributed by atoms with Gasteiger partial charge in [-0.2, -0.15) is 0 Å². The summed E-state index contributed by atoms with van der Waals surface area (Å²) in [7, 11) is 0. The zero-order valence-corrected chi connectivity index (χ0v) is 16.3. The van der Waals surface area contributed by atoms with Gasteiger partial charge in [-0.05, 0) is 51.7 Å². The molecule has 1 aliphatic carbocycles. The van der Waals surface area contributed by atoms with Gasteiger partial charge < -0.3 is 25.6 Å². The maximum absolute atomic E-state index is 13.2. The molecule has 1 aromatic rings. The summed E-state index contributed by atoms with van der Waals surface area (Å²) in [5.74, 6) is -2.04. The second-order valence-electron chi connectivity index (χ2n) is 8.33. The minimum absolute atomic E-state index is 0.0115. The standard InChI is InChI=1S/C20H28F2N2O4/c1-18(2)20(7-5-19(12-23,28-18)6-8-20)17(26)24-10-13(25)11-27-14-3-4-15(21)16(22)9-14/h3-4,9,13,25H,5-8,10-12,23H2,1-2H3,(H,24,26). The van der Waals surface area contributed by atoms with Crippen molar-refractivity contribution in [3.05, 3.63) is 29.8 Å². The summed E-state index contributed by atoms with van der Waals surface area (Å²) in [5, 5.41) is 12.9. The summed E-state index contributed by atoms with van der Waals surface area (Å²) >= 11 is 0. The summed E-state index contributed by atoms with van der Waals surface area (Å²) in [6.45, 7) is 4.10. The summed E-state index contributed by atoms with van der Waals surface area (Å²) in [6.07, 6.45) is 1.85. The highest BCUT2D eigenvalue weighted by atomic mass is 19.2. The largest absolute Gasteiger partial charge is 0.491 e. The quantitative estimate of drug-likeness (QED) is 0.652. The molecule has 1 unspecified atom stereocenters. The third-order valence-corrected chi connectivity index (χ3v) is 6.28. The van der Waals surface area contributed by atoms with Crippen molar-refractivity contribution in [2.45, 2.75) is 56.8 Å². The Hall–Kier alpha value is -1.77. The van der Waals surface area contributed by atoms with Crippen LogP contribution in [0.25, 0.3) is 0 Å². The molecule has 4 N–H and O–H groups in total. The molecule has 2 saturated heterocycles.